The van der Waals surface area contributed by atoms with Gasteiger partial charge in [0, 0.05) is 45.8 Å². The summed E-state index contributed by atoms with van der Waals surface area (Å²) in [6.07, 6.45) is -0.369. The molecule has 1 aromatic carbocycles. The van der Waals surface area contributed by atoms with Gasteiger partial charge >= 0.3 is 0 Å². The molecule has 0 aromatic heterocycles. The largest absolute Gasteiger partial charge is 0.390 e. The minimum absolute atomic E-state index is 0.211. The molecule has 0 spiro atoms. The van der Waals surface area contributed by atoms with Crippen molar-refractivity contribution in [3.63, 3.8) is 0 Å². The fourth-order valence-corrected chi connectivity index (χ4v) is 2.62. The highest BCUT2D eigenvalue weighted by atomic mass is 19.1. The second-order valence-corrected chi connectivity index (χ2v) is 5.53. The predicted octanol–water partition coefficient (Wildman–Crippen LogP) is 0.524. The number of likely N-dealkylation sites (N-methyl/N-ethyl adjacent to an activating group) is 1. The average molecular weight is 281 g/mol. The Kier molecular flexibility index (Phi) is 5.91. The Balaban J connectivity index is 1.74. The van der Waals surface area contributed by atoms with Gasteiger partial charge in [-0.25, -0.2) is 4.39 Å². The summed E-state index contributed by atoms with van der Waals surface area (Å²) in [4.78, 5) is 4.30. The zero-order chi connectivity index (χ0) is 14.4. The number of aliphatic hydroxyl groups is 1. The number of halogens is 1. The van der Waals surface area contributed by atoms with Crippen molar-refractivity contribution in [2.24, 2.45) is 0 Å². The van der Waals surface area contributed by atoms with Crippen molar-refractivity contribution in [3.8, 4) is 0 Å². The molecule has 0 bridgehead atoms. The Hall–Kier alpha value is -1.01. The third-order valence-corrected chi connectivity index (χ3v) is 3.54. The summed E-state index contributed by atoms with van der Waals surface area (Å²) < 4.78 is 13.1. The average Bonchev–Trinajstić information content (AvgIpc) is 2.39. The Morgan fingerprint density at radius 1 is 1.40 bits per heavy atom. The Morgan fingerprint density at radius 2 is 2.15 bits per heavy atom. The summed E-state index contributed by atoms with van der Waals surface area (Å²) in [6.45, 7) is 5.92. The summed E-state index contributed by atoms with van der Waals surface area (Å²) in [7, 11) is 1.95. The topological polar surface area (TPSA) is 38.7 Å². The van der Waals surface area contributed by atoms with E-state index < -0.39 is 0 Å². The van der Waals surface area contributed by atoms with Crippen molar-refractivity contribution >= 4 is 0 Å². The number of piperazine rings is 1. The van der Waals surface area contributed by atoms with Crippen molar-refractivity contribution in [2.45, 2.75) is 12.6 Å². The van der Waals surface area contributed by atoms with Gasteiger partial charge in [0.05, 0.1) is 6.10 Å². The third kappa shape index (κ3) is 5.17. The van der Waals surface area contributed by atoms with Crippen LogP contribution in [0.4, 0.5) is 4.39 Å². The number of nitrogens with zero attached hydrogens (tertiary/aromatic N) is 2. The van der Waals surface area contributed by atoms with Crippen LogP contribution in [0.5, 0.6) is 0 Å². The summed E-state index contributed by atoms with van der Waals surface area (Å²) in [6, 6.07) is 6.61. The number of hydrogen-bond acceptors (Lipinski definition) is 4. The SMILES string of the molecule is CN(Cc1cccc(F)c1)CC(O)CN1CCNCC1. The molecule has 112 valence electrons. The molecule has 1 fully saturated rings. The molecule has 0 saturated carbocycles. The quantitative estimate of drug-likeness (QED) is 0.797. The lowest BCUT2D eigenvalue weighted by molar-refractivity contribution is 0.0752. The smallest absolute Gasteiger partial charge is 0.123 e. The first-order valence-corrected chi connectivity index (χ1v) is 7.17. The van der Waals surface area contributed by atoms with Gasteiger partial charge in [-0.1, -0.05) is 12.1 Å². The molecule has 0 aliphatic carbocycles. The van der Waals surface area contributed by atoms with E-state index in [-0.39, 0.29) is 11.9 Å². The molecule has 1 atom stereocenters. The van der Waals surface area contributed by atoms with Crippen molar-refractivity contribution < 1.29 is 9.50 Å². The monoisotopic (exact) mass is 281 g/mol. The van der Waals surface area contributed by atoms with Gasteiger partial charge in [0.25, 0.3) is 0 Å². The zero-order valence-corrected chi connectivity index (χ0v) is 12.1. The first-order valence-electron chi connectivity index (χ1n) is 7.17. The minimum Gasteiger partial charge on any atom is -0.390 e. The number of rotatable bonds is 6. The fourth-order valence-electron chi connectivity index (χ4n) is 2.62. The molecule has 2 rings (SSSR count). The standard InChI is InChI=1S/C15H24FN3O/c1-18(10-13-3-2-4-14(16)9-13)11-15(20)12-19-7-5-17-6-8-19/h2-4,9,15,17,20H,5-8,10-12H2,1H3. The molecular formula is C15H24FN3O. The molecule has 1 saturated heterocycles. The van der Waals surface area contributed by atoms with Crippen LogP contribution in [0.2, 0.25) is 0 Å². The van der Waals surface area contributed by atoms with Gasteiger partial charge in [0.1, 0.15) is 5.82 Å². The van der Waals surface area contributed by atoms with E-state index in [2.05, 4.69) is 10.2 Å². The van der Waals surface area contributed by atoms with E-state index in [0.717, 1.165) is 31.7 Å². The van der Waals surface area contributed by atoms with E-state index in [9.17, 15) is 9.50 Å². The lowest BCUT2D eigenvalue weighted by atomic mass is 10.2. The van der Waals surface area contributed by atoms with Gasteiger partial charge in [0.15, 0.2) is 0 Å². The maximum Gasteiger partial charge on any atom is 0.123 e. The Labute approximate surface area is 120 Å². The van der Waals surface area contributed by atoms with Crippen LogP contribution in [0, 0.1) is 5.82 Å². The summed E-state index contributed by atoms with van der Waals surface area (Å²) in [5, 5.41) is 13.4. The number of nitrogens with one attached hydrogen (secondary N) is 1. The highest BCUT2D eigenvalue weighted by Crippen LogP contribution is 2.07. The minimum atomic E-state index is -0.369. The molecule has 2 N–H and O–H groups in total. The van der Waals surface area contributed by atoms with Crippen LogP contribution in [-0.2, 0) is 6.54 Å². The first kappa shape index (κ1) is 15.4. The van der Waals surface area contributed by atoms with Gasteiger partial charge in [-0.05, 0) is 24.7 Å². The van der Waals surface area contributed by atoms with Crippen LogP contribution in [0.15, 0.2) is 24.3 Å². The Bertz CT molecular complexity index is 410. The number of aliphatic hydroxyl groups excluding tert-OH is 1. The molecular weight excluding hydrogens is 257 g/mol. The van der Waals surface area contributed by atoms with Gasteiger partial charge in [0.2, 0.25) is 0 Å². The molecule has 0 radical (unpaired) electrons. The van der Waals surface area contributed by atoms with Crippen molar-refractivity contribution in [1.29, 1.82) is 0 Å². The maximum absolute atomic E-state index is 13.1. The van der Waals surface area contributed by atoms with E-state index >= 15 is 0 Å². The van der Waals surface area contributed by atoms with Crippen LogP contribution in [0.3, 0.4) is 0 Å². The molecule has 1 aliphatic rings. The van der Waals surface area contributed by atoms with Gasteiger partial charge in [-0.2, -0.15) is 0 Å². The molecule has 1 unspecified atom stereocenters. The lowest BCUT2D eigenvalue weighted by Gasteiger charge is -2.30. The third-order valence-electron chi connectivity index (χ3n) is 3.54. The van der Waals surface area contributed by atoms with Crippen LogP contribution in [0.1, 0.15) is 5.56 Å². The predicted molar refractivity (Wildman–Crippen MR) is 78.1 cm³/mol. The van der Waals surface area contributed by atoms with E-state index in [1.54, 1.807) is 12.1 Å². The van der Waals surface area contributed by atoms with E-state index in [4.69, 9.17) is 0 Å². The molecule has 1 aromatic rings. The molecule has 0 amide bonds. The van der Waals surface area contributed by atoms with E-state index in [1.807, 2.05) is 18.0 Å². The van der Waals surface area contributed by atoms with Crippen LogP contribution in [-0.4, -0.2) is 67.3 Å². The van der Waals surface area contributed by atoms with E-state index in [0.29, 0.717) is 19.6 Å². The van der Waals surface area contributed by atoms with Crippen LogP contribution in [0.25, 0.3) is 0 Å². The second kappa shape index (κ2) is 7.69. The fraction of sp³-hybridized carbons (Fsp3) is 0.600. The van der Waals surface area contributed by atoms with Crippen molar-refractivity contribution in [2.75, 3.05) is 46.3 Å². The highest BCUT2D eigenvalue weighted by molar-refractivity contribution is 5.16. The molecule has 4 nitrogen and oxygen atoms in total. The van der Waals surface area contributed by atoms with Gasteiger partial charge in [-0.15, -0.1) is 0 Å². The summed E-state index contributed by atoms with van der Waals surface area (Å²) in [5.74, 6) is -0.211. The molecule has 5 heteroatoms. The molecule has 20 heavy (non-hydrogen) atoms. The number of β-amino-alcohol motifs (C(OH)–C–C–N with tert-alkyl or cyclic N) is 1. The maximum atomic E-state index is 13.1. The lowest BCUT2D eigenvalue weighted by Crippen LogP contribution is -2.47. The summed E-state index contributed by atoms with van der Waals surface area (Å²) in [5.41, 5.74) is 0.932. The highest BCUT2D eigenvalue weighted by Gasteiger charge is 2.15. The van der Waals surface area contributed by atoms with Crippen LogP contribution >= 0.6 is 0 Å². The number of hydrogen-bond donors (Lipinski definition) is 2. The molecule has 1 aliphatic heterocycles. The summed E-state index contributed by atoms with van der Waals surface area (Å²) >= 11 is 0. The normalized spacial score (nSPS) is 18.4. The Morgan fingerprint density at radius 3 is 2.85 bits per heavy atom. The second-order valence-electron chi connectivity index (χ2n) is 5.53. The van der Waals surface area contributed by atoms with E-state index in [1.165, 1.54) is 6.07 Å². The van der Waals surface area contributed by atoms with Crippen LogP contribution < -0.4 is 5.32 Å². The first-order chi connectivity index (χ1) is 9.63. The van der Waals surface area contributed by atoms with Gasteiger partial charge in [-0.3, -0.25) is 9.80 Å². The molecule has 1 heterocycles. The van der Waals surface area contributed by atoms with Crippen molar-refractivity contribution in [3.05, 3.63) is 35.6 Å². The number of benzene rings is 1. The van der Waals surface area contributed by atoms with Gasteiger partial charge < -0.3 is 10.4 Å². The van der Waals surface area contributed by atoms with Crippen molar-refractivity contribution in [1.82, 2.24) is 15.1 Å². The zero-order valence-electron chi connectivity index (χ0n) is 12.1.